The molecule has 11 heteroatoms. The van der Waals surface area contributed by atoms with Gasteiger partial charge in [-0.05, 0) is 12.1 Å². The molecule has 1 aromatic rings. The first-order valence-electron chi connectivity index (χ1n) is 7.82. The zero-order valence-electron chi connectivity index (χ0n) is 14.2. The summed E-state index contributed by atoms with van der Waals surface area (Å²) in [6, 6.07) is 8.61. The molecule has 0 aliphatic carbocycles. The third-order valence-corrected chi connectivity index (χ3v) is 4.57. The molecule has 26 heavy (non-hydrogen) atoms. The van der Waals surface area contributed by atoms with Crippen LogP contribution in [0, 0.1) is 5.53 Å². The fraction of sp³-hybridized carbons (Fsp3) is 0.533. The van der Waals surface area contributed by atoms with Crippen molar-refractivity contribution in [2.75, 3.05) is 19.9 Å². The van der Waals surface area contributed by atoms with E-state index in [0.29, 0.717) is 5.90 Å². The molecule has 0 spiro atoms. The third-order valence-electron chi connectivity index (χ3n) is 4.00. The largest absolute Gasteiger partial charge is 0.469 e. The summed E-state index contributed by atoms with van der Waals surface area (Å²) in [6.45, 7) is -0.0726. The van der Waals surface area contributed by atoms with Crippen LogP contribution >= 0.6 is 0 Å². The summed E-state index contributed by atoms with van der Waals surface area (Å²) in [7, 11) is -2.34. The van der Waals surface area contributed by atoms with Gasteiger partial charge in [0.1, 0.15) is 28.9 Å². The SMILES string of the molecule is COC1OC(CN=[N+]=N)[C@H](OS(C)(=O)=O)[C@@H]2OC(c3ccccc3)=N[C@H]12. The quantitative estimate of drug-likeness (QED) is 0.431. The van der Waals surface area contributed by atoms with Crippen molar-refractivity contribution < 1.29 is 26.8 Å². The minimum absolute atomic E-state index is 0.0726. The Morgan fingerprint density at radius 3 is 2.69 bits per heavy atom. The van der Waals surface area contributed by atoms with Gasteiger partial charge in [-0.15, -0.1) is 0 Å². The summed E-state index contributed by atoms with van der Waals surface area (Å²) in [5.74, 6) is 0.358. The van der Waals surface area contributed by atoms with Gasteiger partial charge in [-0.3, -0.25) is 4.18 Å². The van der Waals surface area contributed by atoms with E-state index in [9.17, 15) is 8.42 Å². The van der Waals surface area contributed by atoms with Crippen molar-refractivity contribution >= 4 is 16.0 Å². The van der Waals surface area contributed by atoms with Crippen LogP contribution < -0.4 is 4.91 Å². The maximum atomic E-state index is 11.7. The molecular weight excluding hydrogens is 364 g/mol. The van der Waals surface area contributed by atoms with Gasteiger partial charge in [-0.1, -0.05) is 18.2 Å². The average molecular weight is 383 g/mol. The molecule has 10 nitrogen and oxygen atoms in total. The number of nitrogens with zero attached hydrogens (tertiary/aromatic N) is 3. The zero-order valence-corrected chi connectivity index (χ0v) is 15.0. The van der Waals surface area contributed by atoms with E-state index >= 15 is 0 Å². The highest BCUT2D eigenvalue weighted by Gasteiger charge is 2.53. The van der Waals surface area contributed by atoms with Gasteiger partial charge < -0.3 is 14.2 Å². The van der Waals surface area contributed by atoms with Crippen LogP contribution in [0.15, 0.2) is 40.4 Å². The Labute approximate surface area is 150 Å². The Kier molecular flexibility index (Phi) is 5.44. The van der Waals surface area contributed by atoms with E-state index in [0.717, 1.165) is 11.8 Å². The summed E-state index contributed by atoms with van der Waals surface area (Å²) in [5.41, 5.74) is 7.56. The summed E-state index contributed by atoms with van der Waals surface area (Å²) < 4.78 is 45.7. The van der Waals surface area contributed by atoms with Gasteiger partial charge in [0.15, 0.2) is 18.9 Å². The van der Waals surface area contributed by atoms with E-state index < -0.39 is 40.8 Å². The molecule has 5 atom stereocenters. The van der Waals surface area contributed by atoms with Crippen LogP contribution in [0.2, 0.25) is 0 Å². The van der Waals surface area contributed by atoms with Crippen LogP contribution in [0.5, 0.6) is 0 Å². The molecule has 0 bridgehead atoms. The van der Waals surface area contributed by atoms with Crippen molar-refractivity contribution in [2.24, 2.45) is 10.1 Å². The topological polar surface area (TPSA) is 134 Å². The molecule has 1 fully saturated rings. The first-order valence-corrected chi connectivity index (χ1v) is 9.64. The van der Waals surface area contributed by atoms with Crippen LogP contribution in [0.4, 0.5) is 0 Å². The van der Waals surface area contributed by atoms with Crippen molar-refractivity contribution in [3.63, 3.8) is 0 Å². The van der Waals surface area contributed by atoms with E-state index in [1.54, 1.807) is 0 Å². The first kappa shape index (κ1) is 18.6. The summed E-state index contributed by atoms with van der Waals surface area (Å²) >= 11 is 0. The van der Waals surface area contributed by atoms with E-state index in [-0.39, 0.29) is 6.54 Å². The Morgan fingerprint density at radius 2 is 2.08 bits per heavy atom. The number of fused-ring (bicyclic) bond motifs is 1. The Morgan fingerprint density at radius 1 is 1.35 bits per heavy atom. The molecule has 140 valence electrons. The summed E-state index contributed by atoms with van der Waals surface area (Å²) in [4.78, 5) is 7.45. The van der Waals surface area contributed by atoms with Gasteiger partial charge in [0.25, 0.3) is 10.1 Å². The number of hydrogen-bond acceptors (Lipinski definition) is 9. The minimum Gasteiger partial charge on any atom is -0.469 e. The lowest BCUT2D eigenvalue weighted by Gasteiger charge is -2.39. The van der Waals surface area contributed by atoms with Gasteiger partial charge in [-0.25, -0.2) is 4.99 Å². The van der Waals surface area contributed by atoms with Crippen molar-refractivity contribution in [3.8, 4) is 0 Å². The van der Waals surface area contributed by atoms with Gasteiger partial charge in [0, 0.05) is 12.7 Å². The minimum atomic E-state index is -3.80. The van der Waals surface area contributed by atoms with E-state index in [1.807, 2.05) is 30.3 Å². The van der Waals surface area contributed by atoms with Crippen LogP contribution in [0.3, 0.4) is 0 Å². The fourth-order valence-electron chi connectivity index (χ4n) is 2.96. The molecule has 1 aromatic carbocycles. The number of aliphatic imine (C=N–C) groups is 1. The molecule has 0 radical (unpaired) electrons. The van der Waals surface area contributed by atoms with E-state index in [4.69, 9.17) is 23.9 Å². The smallest absolute Gasteiger partial charge is 0.264 e. The Balaban J connectivity index is 1.93. The second kappa shape index (κ2) is 7.60. The highest BCUT2D eigenvalue weighted by atomic mass is 32.2. The van der Waals surface area contributed by atoms with Gasteiger partial charge in [0.05, 0.1) is 6.26 Å². The lowest BCUT2D eigenvalue weighted by molar-refractivity contribution is -0.234. The molecular formula is C15H19N4O6S+. The van der Waals surface area contributed by atoms with Gasteiger partial charge in [-0.2, -0.15) is 8.42 Å². The second-order valence-electron chi connectivity index (χ2n) is 5.84. The highest BCUT2D eigenvalue weighted by molar-refractivity contribution is 7.86. The molecule has 2 aliphatic rings. The molecule has 1 saturated heterocycles. The number of methoxy groups -OCH3 is 1. The number of benzene rings is 1. The zero-order chi connectivity index (χ0) is 18.7. The molecule has 2 aliphatic heterocycles. The molecule has 3 rings (SSSR count). The number of hydrogen-bond donors (Lipinski definition) is 1. The molecule has 0 saturated carbocycles. The average Bonchev–Trinajstić information content (AvgIpc) is 3.06. The van der Waals surface area contributed by atoms with Crippen molar-refractivity contribution in [3.05, 3.63) is 35.9 Å². The van der Waals surface area contributed by atoms with Crippen LogP contribution in [0.1, 0.15) is 5.56 Å². The normalized spacial score (nSPS) is 30.7. The van der Waals surface area contributed by atoms with E-state index in [2.05, 4.69) is 15.0 Å². The molecule has 0 amide bonds. The van der Waals surface area contributed by atoms with Crippen molar-refractivity contribution in [1.29, 1.82) is 5.53 Å². The van der Waals surface area contributed by atoms with E-state index in [1.165, 1.54) is 7.11 Å². The predicted molar refractivity (Wildman–Crippen MR) is 89.2 cm³/mol. The highest BCUT2D eigenvalue weighted by Crippen LogP contribution is 2.34. The summed E-state index contributed by atoms with van der Waals surface area (Å²) in [5, 5.41) is 3.58. The number of ether oxygens (including phenoxy) is 3. The molecule has 2 unspecified atom stereocenters. The van der Waals surface area contributed by atoms with Crippen LogP contribution in [-0.2, 0) is 28.5 Å². The van der Waals surface area contributed by atoms with Crippen LogP contribution in [-0.4, -0.2) is 64.9 Å². The van der Waals surface area contributed by atoms with Crippen molar-refractivity contribution in [1.82, 2.24) is 4.91 Å². The molecule has 1 N–H and O–H groups in total. The molecule has 2 heterocycles. The van der Waals surface area contributed by atoms with Gasteiger partial charge >= 0.3 is 0 Å². The monoisotopic (exact) mass is 383 g/mol. The maximum Gasteiger partial charge on any atom is 0.264 e. The Bertz CT molecular complexity index is 824. The predicted octanol–water partition coefficient (Wildman–Crippen LogP) is 0.467. The first-order chi connectivity index (χ1) is 12.4. The van der Waals surface area contributed by atoms with Gasteiger partial charge in [0.2, 0.25) is 10.8 Å². The Hall–Kier alpha value is -2.17. The van der Waals surface area contributed by atoms with Crippen LogP contribution in [0.25, 0.3) is 0 Å². The standard InChI is InChI=1S/C15H19N4O6S/c1-22-15-11-13(24-14(18-11)9-6-4-3-5-7-9)12(25-26(2,20)21)10(23-15)8-17-19-16/h3-7,10-13,15-16H,8H2,1-2H3/q+1/t10?,11-,12-,13+,15?/m0/s1. The number of nitrogens with one attached hydrogen (secondary N) is 1. The summed E-state index contributed by atoms with van der Waals surface area (Å²) in [6.07, 6.45) is -2.40. The fourth-order valence-corrected chi connectivity index (χ4v) is 3.60. The second-order valence-corrected chi connectivity index (χ2v) is 7.44. The maximum absolute atomic E-state index is 11.7. The third kappa shape index (κ3) is 3.97. The number of rotatable bonds is 6. The lowest BCUT2D eigenvalue weighted by atomic mass is 9.97. The van der Waals surface area contributed by atoms with Crippen molar-refractivity contribution in [2.45, 2.75) is 30.6 Å². The lowest BCUT2D eigenvalue weighted by Crippen LogP contribution is -2.58. The molecule has 0 aromatic heterocycles.